The van der Waals surface area contributed by atoms with E-state index >= 15 is 0 Å². The highest BCUT2D eigenvalue weighted by Crippen LogP contribution is 2.58. The summed E-state index contributed by atoms with van der Waals surface area (Å²) in [6.45, 7) is 4.17. The Bertz CT molecular complexity index is 252. The Morgan fingerprint density at radius 2 is 1.73 bits per heavy atom. The molecule has 3 rings (SSSR count). The molecule has 1 saturated heterocycles. The van der Waals surface area contributed by atoms with E-state index in [0.29, 0.717) is 5.92 Å². The molecular formula is C12H20O3. The first-order valence-corrected chi connectivity index (χ1v) is 6.15. The molecule has 1 spiro atoms. The Kier molecular flexibility index (Phi) is 2.14. The maximum Gasteiger partial charge on any atom is 0.198 e. The van der Waals surface area contributed by atoms with Crippen LogP contribution in [0.1, 0.15) is 39.5 Å². The molecule has 3 fully saturated rings. The molecule has 0 aromatic rings. The molecule has 15 heavy (non-hydrogen) atoms. The van der Waals surface area contributed by atoms with Crippen LogP contribution in [0.15, 0.2) is 0 Å². The molecule has 0 aromatic heterocycles. The zero-order valence-corrected chi connectivity index (χ0v) is 9.48. The molecule has 1 N–H and O–H groups in total. The van der Waals surface area contributed by atoms with E-state index in [-0.39, 0.29) is 12.2 Å². The van der Waals surface area contributed by atoms with Crippen molar-refractivity contribution in [2.45, 2.75) is 63.6 Å². The second-order valence-corrected chi connectivity index (χ2v) is 5.51. The van der Waals surface area contributed by atoms with Crippen LogP contribution in [0.25, 0.3) is 0 Å². The summed E-state index contributed by atoms with van der Waals surface area (Å²) in [5.41, 5.74) is 0. The zero-order valence-electron chi connectivity index (χ0n) is 9.48. The Morgan fingerprint density at radius 1 is 1.07 bits per heavy atom. The molecule has 1 heterocycles. The van der Waals surface area contributed by atoms with Crippen molar-refractivity contribution in [3.8, 4) is 0 Å². The van der Waals surface area contributed by atoms with E-state index in [9.17, 15) is 5.11 Å². The normalized spacial score (nSPS) is 59.0. The molecule has 0 amide bonds. The van der Waals surface area contributed by atoms with Crippen LogP contribution < -0.4 is 0 Å². The quantitative estimate of drug-likeness (QED) is 0.664. The van der Waals surface area contributed by atoms with Crippen molar-refractivity contribution in [2.75, 3.05) is 0 Å². The van der Waals surface area contributed by atoms with Gasteiger partial charge in [0.05, 0.1) is 12.2 Å². The summed E-state index contributed by atoms with van der Waals surface area (Å²) in [6.07, 6.45) is 4.09. The molecule has 2 aliphatic carbocycles. The summed E-state index contributed by atoms with van der Waals surface area (Å²) in [5.74, 6) is 0.539. The minimum Gasteiger partial charge on any atom is -0.387 e. The number of hydrogen-bond donors (Lipinski definition) is 1. The lowest BCUT2D eigenvalue weighted by Crippen LogP contribution is -2.58. The van der Waals surface area contributed by atoms with Crippen molar-refractivity contribution in [2.24, 2.45) is 11.8 Å². The van der Waals surface area contributed by atoms with Crippen LogP contribution in [0.3, 0.4) is 0 Å². The molecule has 0 unspecified atom stereocenters. The topological polar surface area (TPSA) is 38.7 Å². The molecule has 2 saturated carbocycles. The van der Waals surface area contributed by atoms with E-state index in [1.54, 1.807) is 0 Å². The van der Waals surface area contributed by atoms with Gasteiger partial charge in [0.2, 0.25) is 0 Å². The third kappa shape index (κ3) is 1.44. The largest absolute Gasteiger partial charge is 0.387 e. The average Bonchev–Trinajstić information content (AvgIpc) is 2.90. The van der Waals surface area contributed by atoms with Gasteiger partial charge in [-0.05, 0) is 45.4 Å². The van der Waals surface area contributed by atoms with Gasteiger partial charge in [-0.3, -0.25) is 0 Å². The van der Waals surface area contributed by atoms with E-state index in [2.05, 4.69) is 13.8 Å². The fraction of sp³-hybridized carbons (Fsp3) is 1.00. The van der Waals surface area contributed by atoms with Crippen LogP contribution in [0.2, 0.25) is 0 Å². The fourth-order valence-corrected chi connectivity index (χ4v) is 3.43. The van der Waals surface area contributed by atoms with Crippen LogP contribution in [0.5, 0.6) is 0 Å². The number of ether oxygens (including phenoxy) is 2. The van der Waals surface area contributed by atoms with Crippen molar-refractivity contribution in [1.82, 2.24) is 0 Å². The van der Waals surface area contributed by atoms with Gasteiger partial charge in [-0.1, -0.05) is 0 Å². The van der Waals surface area contributed by atoms with Crippen molar-refractivity contribution in [3.05, 3.63) is 0 Å². The van der Waals surface area contributed by atoms with Gasteiger partial charge in [-0.15, -0.1) is 0 Å². The number of hydrogen-bond acceptors (Lipinski definition) is 3. The van der Waals surface area contributed by atoms with Crippen molar-refractivity contribution < 1.29 is 14.6 Å². The standard InChI is InChI=1S/C12H20O3/c1-7-5-8(2)15-12(14-7)10-6-9(10)3-4-11(12)13/h7-11,13H,3-6H2,1-2H3/t7-,8-,9-,10+,11-/m1/s1. The Hall–Kier alpha value is -0.120. The first-order chi connectivity index (χ1) is 7.12. The Labute approximate surface area is 90.8 Å². The van der Waals surface area contributed by atoms with Gasteiger partial charge in [0.1, 0.15) is 6.10 Å². The van der Waals surface area contributed by atoms with Crippen molar-refractivity contribution in [3.63, 3.8) is 0 Å². The summed E-state index contributed by atoms with van der Waals surface area (Å²) in [7, 11) is 0. The molecule has 0 bridgehead atoms. The van der Waals surface area contributed by atoms with E-state index in [1.165, 1.54) is 6.42 Å². The van der Waals surface area contributed by atoms with Gasteiger partial charge in [0, 0.05) is 5.92 Å². The minimum absolute atomic E-state index is 0.211. The van der Waals surface area contributed by atoms with E-state index in [4.69, 9.17) is 9.47 Å². The number of rotatable bonds is 0. The second-order valence-electron chi connectivity index (χ2n) is 5.51. The third-order valence-corrected chi connectivity index (χ3v) is 4.15. The van der Waals surface area contributed by atoms with Gasteiger partial charge < -0.3 is 14.6 Å². The highest BCUT2D eigenvalue weighted by Gasteiger charge is 2.63. The predicted molar refractivity (Wildman–Crippen MR) is 55.3 cm³/mol. The Balaban J connectivity index is 1.86. The molecule has 1 aliphatic heterocycles. The third-order valence-electron chi connectivity index (χ3n) is 4.15. The highest BCUT2D eigenvalue weighted by atomic mass is 16.7. The number of aliphatic hydroxyl groups is 1. The van der Waals surface area contributed by atoms with Crippen molar-refractivity contribution in [1.29, 1.82) is 0 Å². The first kappa shape index (κ1) is 10.1. The van der Waals surface area contributed by atoms with E-state index in [0.717, 1.165) is 25.2 Å². The summed E-state index contributed by atoms with van der Waals surface area (Å²) >= 11 is 0. The van der Waals surface area contributed by atoms with Gasteiger partial charge in [0.15, 0.2) is 5.79 Å². The molecule has 0 aromatic carbocycles. The molecule has 3 aliphatic rings. The lowest BCUT2D eigenvalue weighted by atomic mass is 9.89. The van der Waals surface area contributed by atoms with E-state index in [1.807, 2.05) is 0 Å². The predicted octanol–water partition coefficient (Wildman–Crippen LogP) is 1.69. The summed E-state index contributed by atoms with van der Waals surface area (Å²) in [5, 5.41) is 10.2. The van der Waals surface area contributed by atoms with Crippen LogP contribution >= 0.6 is 0 Å². The maximum absolute atomic E-state index is 10.2. The first-order valence-electron chi connectivity index (χ1n) is 6.15. The monoisotopic (exact) mass is 212 g/mol. The van der Waals surface area contributed by atoms with Gasteiger partial charge in [0.25, 0.3) is 0 Å². The molecule has 86 valence electrons. The van der Waals surface area contributed by atoms with Gasteiger partial charge >= 0.3 is 0 Å². The molecule has 5 atom stereocenters. The lowest BCUT2D eigenvalue weighted by Gasteiger charge is -2.48. The SMILES string of the molecule is C[C@@H]1C[C@@H](C)OC2(O1)[C@H](O)CC[C@@H]1C[C@@H]12. The van der Waals surface area contributed by atoms with Crippen LogP contribution in [-0.4, -0.2) is 29.2 Å². The average molecular weight is 212 g/mol. The summed E-state index contributed by atoms with van der Waals surface area (Å²) in [6, 6.07) is 0. The molecule has 3 heteroatoms. The van der Waals surface area contributed by atoms with Gasteiger partial charge in [-0.2, -0.15) is 0 Å². The highest BCUT2D eigenvalue weighted by molar-refractivity contribution is 5.06. The minimum atomic E-state index is -0.653. The number of fused-ring (bicyclic) bond motifs is 2. The Morgan fingerprint density at radius 3 is 2.40 bits per heavy atom. The maximum atomic E-state index is 10.2. The van der Waals surface area contributed by atoms with E-state index < -0.39 is 11.9 Å². The summed E-state index contributed by atoms with van der Waals surface area (Å²) in [4.78, 5) is 0. The molecular weight excluding hydrogens is 192 g/mol. The lowest BCUT2D eigenvalue weighted by molar-refractivity contribution is -0.362. The second kappa shape index (κ2) is 3.19. The number of aliphatic hydroxyl groups excluding tert-OH is 1. The molecule has 3 nitrogen and oxygen atoms in total. The van der Waals surface area contributed by atoms with Crippen molar-refractivity contribution >= 4 is 0 Å². The van der Waals surface area contributed by atoms with Crippen LogP contribution in [0, 0.1) is 11.8 Å². The molecule has 0 radical (unpaired) electrons. The zero-order chi connectivity index (χ0) is 10.6. The summed E-state index contributed by atoms with van der Waals surface area (Å²) < 4.78 is 12.0. The van der Waals surface area contributed by atoms with Crippen LogP contribution in [0.4, 0.5) is 0 Å². The smallest absolute Gasteiger partial charge is 0.198 e. The van der Waals surface area contributed by atoms with Gasteiger partial charge in [-0.25, -0.2) is 0 Å². The van der Waals surface area contributed by atoms with Crippen LogP contribution in [-0.2, 0) is 9.47 Å². The fourth-order valence-electron chi connectivity index (χ4n) is 3.43.